The predicted molar refractivity (Wildman–Crippen MR) is 58.3 cm³/mol. The van der Waals surface area contributed by atoms with Crippen LogP contribution in [-0.4, -0.2) is 31.2 Å². The number of amides is 1. The van der Waals surface area contributed by atoms with Gasteiger partial charge in [-0.1, -0.05) is 26.7 Å². The molecule has 0 atom stereocenters. The Morgan fingerprint density at radius 1 is 1.36 bits per heavy atom. The number of hydrogen-bond donors (Lipinski definition) is 0. The van der Waals surface area contributed by atoms with Gasteiger partial charge in [0.05, 0.1) is 7.11 Å². The third-order valence-electron chi connectivity index (χ3n) is 2.27. The number of rotatable bonds is 6. The molecule has 3 heteroatoms. The first-order valence-electron chi connectivity index (χ1n) is 5.44. The summed E-state index contributed by atoms with van der Waals surface area (Å²) in [5, 5.41) is 0. The molecule has 0 aromatic heterocycles. The first kappa shape index (κ1) is 13.3. The highest BCUT2D eigenvalue weighted by Crippen LogP contribution is 2.07. The zero-order chi connectivity index (χ0) is 11.0. The van der Waals surface area contributed by atoms with Crippen LogP contribution in [0.5, 0.6) is 0 Å². The van der Waals surface area contributed by atoms with E-state index in [4.69, 9.17) is 0 Å². The van der Waals surface area contributed by atoms with E-state index in [9.17, 15) is 4.79 Å². The predicted octanol–water partition coefficient (Wildman–Crippen LogP) is 2.90. The largest absolute Gasteiger partial charge is 0.453 e. The molecule has 0 aromatic carbocycles. The van der Waals surface area contributed by atoms with Crippen LogP contribution in [0, 0.1) is 5.92 Å². The SMILES string of the molecule is CCN(CCCCC(C)C)C(=O)OC. The molecule has 84 valence electrons. The van der Waals surface area contributed by atoms with Gasteiger partial charge < -0.3 is 9.64 Å². The Morgan fingerprint density at radius 2 is 2.00 bits per heavy atom. The molecule has 0 radical (unpaired) electrons. The maximum absolute atomic E-state index is 11.2. The highest BCUT2D eigenvalue weighted by molar-refractivity contribution is 5.67. The number of hydrogen-bond acceptors (Lipinski definition) is 2. The molecule has 0 fully saturated rings. The van der Waals surface area contributed by atoms with Gasteiger partial charge in [0.15, 0.2) is 0 Å². The number of carbonyl (C=O) groups is 1. The van der Waals surface area contributed by atoms with Gasteiger partial charge in [-0.15, -0.1) is 0 Å². The van der Waals surface area contributed by atoms with Gasteiger partial charge in [0.25, 0.3) is 0 Å². The smallest absolute Gasteiger partial charge is 0.409 e. The van der Waals surface area contributed by atoms with Gasteiger partial charge in [0.1, 0.15) is 0 Å². The quantitative estimate of drug-likeness (QED) is 0.618. The van der Waals surface area contributed by atoms with E-state index < -0.39 is 0 Å². The molecule has 0 unspecified atom stereocenters. The van der Waals surface area contributed by atoms with Crippen LogP contribution in [0.3, 0.4) is 0 Å². The molecule has 3 nitrogen and oxygen atoms in total. The van der Waals surface area contributed by atoms with Crippen LogP contribution >= 0.6 is 0 Å². The highest BCUT2D eigenvalue weighted by atomic mass is 16.5. The van der Waals surface area contributed by atoms with Crippen molar-refractivity contribution in [2.24, 2.45) is 5.92 Å². The molecule has 0 rings (SSSR count). The second-order valence-electron chi connectivity index (χ2n) is 3.94. The van der Waals surface area contributed by atoms with Crippen molar-refractivity contribution in [1.29, 1.82) is 0 Å². The fraction of sp³-hybridized carbons (Fsp3) is 0.909. The van der Waals surface area contributed by atoms with E-state index in [1.165, 1.54) is 20.0 Å². The average molecular weight is 201 g/mol. The van der Waals surface area contributed by atoms with Crippen LogP contribution in [0.2, 0.25) is 0 Å². The minimum atomic E-state index is -0.211. The van der Waals surface area contributed by atoms with Gasteiger partial charge in [0, 0.05) is 13.1 Å². The molecule has 0 saturated heterocycles. The van der Waals surface area contributed by atoms with Crippen molar-refractivity contribution in [3.63, 3.8) is 0 Å². The Balaban J connectivity index is 3.58. The second kappa shape index (κ2) is 7.65. The Kier molecular flexibility index (Phi) is 7.25. The van der Waals surface area contributed by atoms with Crippen LogP contribution < -0.4 is 0 Å². The summed E-state index contributed by atoms with van der Waals surface area (Å²) in [7, 11) is 1.43. The van der Waals surface area contributed by atoms with Crippen molar-refractivity contribution in [2.45, 2.75) is 40.0 Å². The van der Waals surface area contributed by atoms with Crippen LogP contribution in [-0.2, 0) is 4.74 Å². The number of nitrogens with zero attached hydrogens (tertiary/aromatic N) is 1. The Labute approximate surface area is 87.4 Å². The zero-order valence-electron chi connectivity index (χ0n) is 9.88. The van der Waals surface area contributed by atoms with Crippen LogP contribution in [0.4, 0.5) is 4.79 Å². The molecule has 0 aliphatic rings. The van der Waals surface area contributed by atoms with Gasteiger partial charge in [-0.25, -0.2) is 4.79 Å². The molecule has 0 N–H and O–H groups in total. The van der Waals surface area contributed by atoms with Gasteiger partial charge in [0.2, 0.25) is 0 Å². The van der Waals surface area contributed by atoms with Gasteiger partial charge in [-0.2, -0.15) is 0 Å². The highest BCUT2D eigenvalue weighted by Gasteiger charge is 2.09. The molecular weight excluding hydrogens is 178 g/mol. The summed E-state index contributed by atoms with van der Waals surface area (Å²) in [6, 6.07) is 0. The first-order chi connectivity index (χ1) is 6.61. The summed E-state index contributed by atoms with van der Waals surface area (Å²) in [4.78, 5) is 12.9. The van der Waals surface area contributed by atoms with Crippen LogP contribution in [0.25, 0.3) is 0 Å². The average Bonchev–Trinajstić information content (AvgIpc) is 2.16. The summed E-state index contributed by atoms with van der Waals surface area (Å²) in [5.74, 6) is 0.753. The number of carbonyl (C=O) groups excluding carboxylic acids is 1. The maximum atomic E-state index is 11.2. The number of methoxy groups -OCH3 is 1. The van der Waals surface area contributed by atoms with Crippen molar-refractivity contribution in [1.82, 2.24) is 4.90 Å². The van der Waals surface area contributed by atoms with E-state index in [0.29, 0.717) is 0 Å². The zero-order valence-corrected chi connectivity index (χ0v) is 9.88. The molecule has 0 saturated carbocycles. The minimum absolute atomic E-state index is 0.211. The Morgan fingerprint density at radius 3 is 2.43 bits per heavy atom. The minimum Gasteiger partial charge on any atom is -0.453 e. The third kappa shape index (κ3) is 5.84. The molecule has 1 amide bonds. The topological polar surface area (TPSA) is 29.5 Å². The van der Waals surface area contributed by atoms with Crippen molar-refractivity contribution >= 4 is 6.09 Å². The summed E-state index contributed by atoms with van der Waals surface area (Å²) >= 11 is 0. The summed E-state index contributed by atoms with van der Waals surface area (Å²) < 4.78 is 4.67. The van der Waals surface area contributed by atoms with Crippen LogP contribution in [0.1, 0.15) is 40.0 Å². The van der Waals surface area contributed by atoms with Gasteiger partial charge in [-0.05, 0) is 19.3 Å². The maximum Gasteiger partial charge on any atom is 0.409 e. The Bertz CT molecular complexity index is 157. The van der Waals surface area contributed by atoms with E-state index in [-0.39, 0.29) is 6.09 Å². The molecule has 0 aliphatic carbocycles. The monoisotopic (exact) mass is 201 g/mol. The second-order valence-corrected chi connectivity index (χ2v) is 3.94. The van der Waals surface area contributed by atoms with E-state index in [1.54, 1.807) is 4.90 Å². The van der Waals surface area contributed by atoms with Crippen molar-refractivity contribution < 1.29 is 9.53 Å². The lowest BCUT2D eigenvalue weighted by atomic mass is 10.1. The number of ether oxygens (including phenoxy) is 1. The lowest BCUT2D eigenvalue weighted by Crippen LogP contribution is -2.31. The van der Waals surface area contributed by atoms with Gasteiger partial charge in [-0.3, -0.25) is 0 Å². The number of unbranched alkanes of at least 4 members (excludes halogenated alkanes) is 1. The van der Waals surface area contributed by atoms with E-state index in [1.807, 2.05) is 6.92 Å². The fourth-order valence-electron chi connectivity index (χ4n) is 1.36. The fourth-order valence-corrected chi connectivity index (χ4v) is 1.36. The third-order valence-corrected chi connectivity index (χ3v) is 2.27. The summed E-state index contributed by atoms with van der Waals surface area (Å²) in [5.41, 5.74) is 0. The normalized spacial score (nSPS) is 10.4. The van der Waals surface area contributed by atoms with Crippen molar-refractivity contribution in [3.8, 4) is 0 Å². The van der Waals surface area contributed by atoms with Crippen molar-refractivity contribution in [2.75, 3.05) is 20.2 Å². The van der Waals surface area contributed by atoms with E-state index in [0.717, 1.165) is 25.4 Å². The molecule has 0 aliphatic heterocycles. The van der Waals surface area contributed by atoms with Gasteiger partial charge >= 0.3 is 6.09 Å². The van der Waals surface area contributed by atoms with E-state index >= 15 is 0 Å². The molecule has 0 heterocycles. The molecular formula is C11H23NO2. The standard InChI is InChI=1S/C11H23NO2/c1-5-12(11(13)14-4)9-7-6-8-10(2)3/h10H,5-9H2,1-4H3. The molecule has 0 bridgehead atoms. The lowest BCUT2D eigenvalue weighted by Gasteiger charge is -2.18. The Hall–Kier alpha value is -0.730. The van der Waals surface area contributed by atoms with Crippen LogP contribution in [0.15, 0.2) is 0 Å². The summed E-state index contributed by atoms with van der Waals surface area (Å²) in [6.45, 7) is 7.96. The van der Waals surface area contributed by atoms with Crippen molar-refractivity contribution in [3.05, 3.63) is 0 Å². The van der Waals surface area contributed by atoms with E-state index in [2.05, 4.69) is 18.6 Å². The molecule has 14 heavy (non-hydrogen) atoms. The first-order valence-corrected chi connectivity index (χ1v) is 5.44. The molecule has 0 aromatic rings. The lowest BCUT2D eigenvalue weighted by molar-refractivity contribution is 0.125. The summed E-state index contributed by atoms with van der Waals surface area (Å²) in [6.07, 6.45) is 3.28. The molecule has 0 spiro atoms.